The summed E-state index contributed by atoms with van der Waals surface area (Å²) in [7, 11) is 0. The predicted molar refractivity (Wildman–Crippen MR) is 66.4 cm³/mol. The number of benzene rings is 1. The summed E-state index contributed by atoms with van der Waals surface area (Å²) in [6.07, 6.45) is 3.30. The first kappa shape index (κ1) is 12.4. The van der Waals surface area contributed by atoms with E-state index in [9.17, 15) is 4.39 Å². The molecule has 1 aromatic rings. The number of hydrogen-bond acceptors (Lipinski definition) is 2. The molecule has 2 rings (SSSR count). The highest BCUT2D eigenvalue weighted by Gasteiger charge is 2.29. The van der Waals surface area contributed by atoms with Crippen molar-refractivity contribution in [3.05, 3.63) is 30.1 Å². The van der Waals surface area contributed by atoms with Gasteiger partial charge in [-0.15, -0.1) is 0 Å². The third kappa shape index (κ3) is 2.97. The molecule has 0 aromatic heterocycles. The summed E-state index contributed by atoms with van der Waals surface area (Å²) in [4.78, 5) is 0. The van der Waals surface area contributed by atoms with E-state index in [0.717, 1.165) is 12.8 Å². The van der Waals surface area contributed by atoms with E-state index in [1.165, 1.54) is 12.5 Å². The highest BCUT2D eigenvalue weighted by molar-refractivity contribution is 5.24. The van der Waals surface area contributed by atoms with Crippen LogP contribution in [0.5, 0.6) is 5.75 Å². The quantitative estimate of drug-likeness (QED) is 0.877. The fourth-order valence-corrected chi connectivity index (χ4v) is 2.51. The van der Waals surface area contributed by atoms with Crippen molar-refractivity contribution in [3.8, 4) is 5.75 Å². The molecule has 3 heteroatoms. The van der Waals surface area contributed by atoms with E-state index in [1.54, 1.807) is 18.2 Å². The molecule has 2 nitrogen and oxygen atoms in total. The minimum Gasteiger partial charge on any atom is -0.487 e. The van der Waals surface area contributed by atoms with Gasteiger partial charge in [-0.25, -0.2) is 4.39 Å². The van der Waals surface area contributed by atoms with Gasteiger partial charge in [0.05, 0.1) is 0 Å². The van der Waals surface area contributed by atoms with Crippen LogP contribution in [0.1, 0.15) is 26.2 Å². The van der Waals surface area contributed by atoms with Gasteiger partial charge in [0.2, 0.25) is 0 Å². The zero-order valence-corrected chi connectivity index (χ0v) is 10.2. The molecule has 0 spiro atoms. The molecule has 0 amide bonds. The van der Waals surface area contributed by atoms with E-state index in [1.807, 2.05) is 0 Å². The van der Waals surface area contributed by atoms with Gasteiger partial charge >= 0.3 is 0 Å². The maximum Gasteiger partial charge on any atom is 0.165 e. The first-order valence-corrected chi connectivity index (χ1v) is 6.32. The molecule has 1 saturated carbocycles. The average Bonchev–Trinajstić information content (AvgIpc) is 2.32. The molecule has 0 bridgehead atoms. The highest BCUT2D eigenvalue weighted by Crippen LogP contribution is 2.32. The van der Waals surface area contributed by atoms with E-state index >= 15 is 0 Å². The fraction of sp³-hybridized carbons (Fsp3) is 0.571. The summed E-state index contributed by atoms with van der Waals surface area (Å²) >= 11 is 0. The molecule has 3 atom stereocenters. The summed E-state index contributed by atoms with van der Waals surface area (Å²) in [6, 6.07) is 6.58. The number of nitrogens with two attached hydrogens (primary N) is 1. The maximum absolute atomic E-state index is 13.5. The van der Waals surface area contributed by atoms with Gasteiger partial charge in [-0.2, -0.15) is 0 Å². The van der Waals surface area contributed by atoms with Crippen LogP contribution in [0.2, 0.25) is 0 Å². The van der Waals surface area contributed by atoms with Crippen LogP contribution in [0.4, 0.5) is 4.39 Å². The average molecular weight is 237 g/mol. The summed E-state index contributed by atoms with van der Waals surface area (Å²) in [6.45, 7) is 2.83. The molecule has 0 heterocycles. The van der Waals surface area contributed by atoms with Crippen molar-refractivity contribution in [2.45, 2.75) is 32.3 Å². The Morgan fingerprint density at radius 3 is 2.82 bits per heavy atom. The molecule has 1 fully saturated rings. The van der Waals surface area contributed by atoms with Crippen molar-refractivity contribution in [1.29, 1.82) is 0 Å². The van der Waals surface area contributed by atoms with Gasteiger partial charge in [-0.3, -0.25) is 0 Å². The summed E-state index contributed by atoms with van der Waals surface area (Å²) in [5.41, 5.74) is 5.76. The molecule has 94 valence electrons. The topological polar surface area (TPSA) is 35.2 Å². The van der Waals surface area contributed by atoms with Gasteiger partial charge in [0.15, 0.2) is 11.6 Å². The smallest absolute Gasteiger partial charge is 0.165 e. The Morgan fingerprint density at radius 2 is 2.12 bits per heavy atom. The predicted octanol–water partition coefficient (Wildman–Crippen LogP) is 2.97. The van der Waals surface area contributed by atoms with Crippen molar-refractivity contribution in [2.24, 2.45) is 17.6 Å². The second kappa shape index (κ2) is 5.50. The molecule has 1 aliphatic rings. The Labute approximate surface area is 102 Å². The van der Waals surface area contributed by atoms with Crippen LogP contribution in [-0.2, 0) is 0 Å². The van der Waals surface area contributed by atoms with Gasteiger partial charge in [0, 0.05) is 5.92 Å². The molecule has 0 aliphatic heterocycles. The van der Waals surface area contributed by atoms with Crippen LogP contribution < -0.4 is 10.5 Å². The van der Waals surface area contributed by atoms with E-state index in [0.29, 0.717) is 24.1 Å². The minimum absolute atomic E-state index is 0.0562. The Balaban J connectivity index is 2.07. The molecular weight excluding hydrogens is 217 g/mol. The molecule has 1 aromatic carbocycles. The largest absolute Gasteiger partial charge is 0.487 e. The lowest BCUT2D eigenvalue weighted by Gasteiger charge is -2.34. The van der Waals surface area contributed by atoms with Crippen LogP contribution in [-0.4, -0.2) is 12.6 Å². The van der Waals surface area contributed by atoms with Crippen molar-refractivity contribution in [1.82, 2.24) is 0 Å². The second-order valence-corrected chi connectivity index (χ2v) is 5.00. The van der Waals surface area contributed by atoms with Crippen molar-refractivity contribution in [3.63, 3.8) is 0 Å². The number of para-hydroxylation sites is 1. The van der Waals surface area contributed by atoms with Gasteiger partial charge in [-0.1, -0.05) is 25.5 Å². The third-order valence-corrected chi connectivity index (χ3v) is 3.61. The lowest BCUT2D eigenvalue weighted by atomic mass is 9.80. The van der Waals surface area contributed by atoms with Gasteiger partial charge in [0.1, 0.15) is 6.10 Å². The third-order valence-electron chi connectivity index (χ3n) is 3.61. The normalized spacial score (nSPS) is 29.0. The number of hydrogen-bond donors (Lipinski definition) is 1. The first-order chi connectivity index (χ1) is 8.20. The molecule has 0 radical (unpaired) electrons. The minimum atomic E-state index is -0.290. The van der Waals surface area contributed by atoms with E-state index in [2.05, 4.69) is 6.92 Å². The molecule has 3 unspecified atom stereocenters. The van der Waals surface area contributed by atoms with E-state index in [-0.39, 0.29) is 11.9 Å². The Hall–Kier alpha value is -1.09. The number of ether oxygens (including phenoxy) is 1. The van der Waals surface area contributed by atoms with Gasteiger partial charge in [-0.05, 0) is 37.4 Å². The van der Waals surface area contributed by atoms with Crippen LogP contribution in [0.3, 0.4) is 0 Å². The van der Waals surface area contributed by atoms with Crippen molar-refractivity contribution < 1.29 is 9.13 Å². The standard InChI is InChI=1S/C14H20FNO/c1-10-6-7-11(9-16)14(8-10)17-13-5-3-2-4-12(13)15/h2-5,10-11,14H,6-9,16H2,1H3. The van der Waals surface area contributed by atoms with E-state index in [4.69, 9.17) is 10.5 Å². The Bertz CT molecular complexity index is 369. The summed E-state index contributed by atoms with van der Waals surface area (Å²) in [5, 5.41) is 0. The second-order valence-electron chi connectivity index (χ2n) is 5.00. The van der Waals surface area contributed by atoms with E-state index < -0.39 is 0 Å². The lowest BCUT2D eigenvalue weighted by Crippen LogP contribution is -2.37. The highest BCUT2D eigenvalue weighted by atomic mass is 19.1. The Kier molecular flexibility index (Phi) is 4.00. The first-order valence-electron chi connectivity index (χ1n) is 6.32. The van der Waals surface area contributed by atoms with Crippen molar-refractivity contribution in [2.75, 3.05) is 6.54 Å². The van der Waals surface area contributed by atoms with Crippen LogP contribution >= 0.6 is 0 Å². The summed E-state index contributed by atoms with van der Waals surface area (Å²) in [5.74, 6) is 1.05. The van der Waals surface area contributed by atoms with Crippen LogP contribution in [0, 0.1) is 17.7 Å². The molecule has 2 N–H and O–H groups in total. The molecular formula is C14H20FNO. The Morgan fingerprint density at radius 1 is 1.35 bits per heavy atom. The van der Waals surface area contributed by atoms with Crippen molar-refractivity contribution >= 4 is 0 Å². The molecule has 1 aliphatic carbocycles. The zero-order chi connectivity index (χ0) is 12.3. The lowest BCUT2D eigenvalue weighted by molar-refractivity contribution is 0.0706. The SMILES string of the molecule is CC1CCC(CN)C(Oc2ccccc2F)C1. The molecule has 17 heavy (non-hydrogen) atoms. The van der Waals surface area contributed by atoms with Gasteiger partial charge < -0.3 is 10.5 Å². The number of rotatable bonds is 3. The molecule has 0 saturated heterocycles. The fourth-order valence-electron chi connectivity index (χ4n) is 2.51. The van der Waals surface area contributed by atoms with Gasteiger partial charge in [0.25, 0.3) is 0 Å². The zero-order valence-electron chi connectivity index (χ0n) is 10.2. The van der Waals surface area contributed by atoms with Crippen LogP contribution in [0.15, 0.2) is 24.3 Å². The summed E-state index contributed by atoms with van der Waals surface area (Å²) < 4.78 is 19.3. The number of halogens is 1. The van der Waals surface area contributed by atoms with Crippen LogP contribution in [0.25, 0.3) is 0 Å². The maximum atomic E-state index is 13.5. The monoisotopic (exact) mass is 237 g/mol.